The van der Waals surface area contributed by atoms with Crippen molar-refractivity contribution >= 4 is 22.9 Å². The van der Waals surface area contributed by atoms with Gasteiger partial charge in [-0.1, -0.05) is 36.4 Å². The number of aromatic amines is 1. The number of benzene rings is 2. The van der Waals surface area contributed by atoms with Crippen LogP contribution in [0.5, 0.6) is 0 Å². The molecule has 1 aliphatic carbocycles. The number of aryl methyl sites for hydroxylation is 1. The number of nitrogens with one attached hydrogen (secondary N) is 2. The summed E-state index contributed by atoms with van der Waals surface area (Å²) in [5.41, 5.74) is 7.14. The van der Waals surface area contributed by atoms with Crippen LogP contribution in [0.25, 0.3) is 17.0 Å². The highest BCUT2D eigenvalue weighted by atomic mass is 16.7. The zero-order valence-electron chi connectivity index (χ0n) is 22.6. The summed E-state index contributed by atoms with van der Waals surface area (Å²) in [5, 5.41) is 49.9. The maximum Gasteiger partial charge on any atom is 0.267 e. The van der Waals surface area contributed by atoms with Gasteiger partial charge in [0.15, 0.2) is 6.29 Å². The number of amides is 1. The summed E-state index contributed by atoms with van der Waals surface area (Å²) in [5.74, 6) is -0.591. The van der Waals surface area contributed by atoms with Gasteiger partial charge in [-0.25, -0.2) is 5.48 Å². The maximum absolute atomic E-state index is 11.4. The smallest absolute Gasteiger partial charge is 0.267 e. The average molecular weight is 568 g/mol. The first-order chi connectivity index (χ1) is 19.9. The van der Waals surface area contributed by atoms with Crippen LogP contribution in [0.4, 0.5) is 0 Å². The van der Waals surface area contributed by atoms with Crippen LogP contribution in [0.2, 0.25) is 0 Å². The number of para-hydroxylation sites is 1. The van der Waals surface area contributed by atoms with Gasteiger partial charge < -0.3 is 34.9 Å². The van der Waals surface area contributed by atoms with Crippen LogP contribution in [-0.2, 0) is 27.1 Å². The molecule has 1 unspecified atom stereocenters. The number of aromatic nitrogens is 1. The molecule has 3 aromatic rings. The molecule has 2 heterocycles. The van der Waals surface area contributed by atoms with Gasteiger partial charge in [-0.05, 0) is 53.7 Å². The third-order valence-corrected chi connectivity index (χ3v) is 8.04. The SMILES string of the molecule is O=C(C=Cc1ccc2c(c1)CCC2N(CCO[C@@H]1O[C@H](CO)[C@@H](O)[C@H](O)[C@H]1O)CCc1c[nH]c2ccccc12)NO. The van der Waals surface area contributed by atoms with Gasteiger partial charge in [-0.15, -0.1) is 0 Å². The van der Waals surface area contributed by atoms with Crippen molar-refractivity contribution in [2.24, 2.45) is 0 Å². The number of hydrogen-bond donors (Lipinski definition) is 7. The summed E-state index contributed by atoms with van der Waals surface area (Å²) in [6, 6.07) is 14.4. The third kappa shape index (κ3) is 6.53. The number of carbonyl (C=O) groups excluding carboxylic acids is 1. The molecule has 0 spiro atoms. The lowest BCUT2D eigenvalue weighted by molar-refractivity contribution is -0.301. The zero-order chi connectivity index (χ0) is 28.9. The van der Waals surface area contributed by atoms with E-state index >= 15 is 0 Å². The first kappa shape index (κ1) is 29.4. The quantitative estimate of drug-likeness (QED) is 0.102. The Morgan fingerprint density at radius 1 is 1.12 bits per heavy atom. The Balaban J connectivity index is 1.31. The highest BCUT2D eigenvalue weighted by Crippen LogP contribution is 2.37. The molecule has 2 aliphatic rings. The molecular weight excluding hydrogens is 530 g/mol. The Labute approximate surface area is 237 Å². The molecule has 2 aromatic carbocycles. The predicted octanol–water partition coefficient (Wildman–Crippen LogP) is 1.03. The Kier molecular flexibility index (Phi) is 9.48. The molecule has 41 heavy (non-hydrogen) atoms. The number of rotatable bonds is 11. The van der Waals surface area contributed by atoms with E-state index in [0.29, 0.717) is 6.54 Å². The topological polar surface area (TPSA) is 168 Å². The van der Waals surface area contributed by atoms with Gasteiger partial charge in [-0.3, -0.25) is 14.9 Å². The molecule has 0 radical (unpaired) electrons. The molecule has 1 aliphatic heterocycles. The Hall–Kier alpha value is -3.13. The van der Waals surface area contributed by atoms with Gasteiger partial charge in [0.2, 0.25) is 0 Å². The van der Waals surface area contributed by atoms with E-state index < -0.39 is 43.2 Å². The van der Waals surface area contributed by atoms with E-state index in [1.807, 2.05) is 30.5 Å². The monoisotopic (exact) mass is 567 g/mol. The van der Waals surface area contributed by atoms with E-state index in [1.165, 1.54) is 28.2 Å². The molecule has 0 bridgehead atoms. The lowest BCUT2D eigenvalue weighted by Crippen LogP contribution is -2.59. The normalized spacial score (nSPS) is 26.2. The number of aliphatic hydroxyl groups excluding tert-OH is 4. The van der Waals surface area contributed by atoms with Crippen LogP contribution in [0, 0.1) is 0 Å². The van der Waals surface area contributed by atoms with Gasteiger partial charge in [0.1, 0.15) is 24.4 Å². The second-order valence-corrected chi connectivity index (χ2v) is 10.5. The largest absolute Gasteiger partial charge is 0.394 e. The van der Waals surface area contributed by atoms with Gasteiger partial charge >= 0.3 is 0 Å². The number of ether oxygens (including phenoxy) is 2. The van der Waals surface area contributed by atoms with Crippen LogP contribution >= 0.6 is 0 Å². The number of nitrogens with zero attached hydrogens (tertiary/aromatic N) is 1. The molecule has 1 aromatic heterocycles. The van der Waals surface area contributed by atoms with Gasteiger partial charge in [0, 0.05) is 42.3 Å². The second-order valence-electron chi connectivity index (χ2n) is 10.5. The van der Waals surface area contributed by atoms with E-state index in [4.69, 9.17) is 14.7 Å². The van der Waals surface area contributed by atoms with Gasteiger partial charge in [0.05, 0.1) is 13.2 Å². The molecule has 0 saturated carbocycles. The number of H-pyrrole nitrogens is 1. The Morgan fingerprint density at radius 2 is 1.95 bits per heavy atom. The number of carbonyl (C=O) groups is 1. The van der Waals surface area contributed by atoms with Crippen molar-refractivity contribution in [1.29, 1.82) is 0 Å². The minimum absolute atomic E-state index is 0.118. The molecule has 7 N–H and O–H groups in total. The van der Waals surface area contributed by atoms with Crippen molar-refractivity contribution < 1.29 is 39.9 Å². The van der Waals surface area contributed by atoms with E-state index in [2.05, 4.69) is 28.1 Å². The van der Waals surface area contributed by atoms with Crippen molar-refractivity contribution in [2.45, 2.75) is 56.0 Å². The molecule has 6 atom stereocenters. The number of aliphatic hydroxyl groups is 4. The summed E-state index contributed by atoms with van der Waals surface area (Å²) in [4.78, 5) is 17.1. The lowest BCUT2D eigenvalue weighted by Gasteiger charge is -2.40. The van der Waals surface area contributed by atoms with Gasteiger partial charge in [-0.2, -0.15) is 0 Å². The predicted molar refractivity (Wildman–Crippen MR) is 150 cm³/mol. The fourth-order valence-corrected chi connectivity index (χ4v) is 5.82. The highest BCUT2D eigenvalue weighted by Gasteiger charge is 2.44. The number of fused-ring (bicyclic) bond motifs is 2. The minimum atomic E-state index is -1.49. The van der Waals surface area contributed by atoms with Crippen molar-refractivity contribution in [3.05, 3.63) is 77.0 Å². The number of hydrogen-bond acceptors (Lipinski definition) is 9. The van der Waals surface area contributed by atoms with Crippen molar-refractivity contribution in [3.8, 4) is 0 Å². The average Bonchev–Trinajstić information content (AvgIpc) is 3.61. The molecule has 220 valence electrons. The Morgan fingerprint density at radius 3 is 2.76 bits per heavy atom. The van der Waals surface area contributed by atoms with Crippen molar-refractivity contribution in [3.63, 3.8) is 0 Å². The van der Waals surface area contributed by atoms with Crippen LogP contribution in [0.1, 0.15) is 34.7 Å². The van der Waals surface area contributed by atoms with Crippen LogP contribution in [-0.4, -0.2) is 98.4 Å². The molecule has 1 fully saturated rings. The second kappa shape index (κ2) is 13.2. The van der Waals surface area contributed by atoms with Crippen molar-refractivity contribution in [1.82, 2.24) is 15.4 Å². The first-order valence-corrected chi connectivity index (χ1v) is 13.9. The summed E-state index contributed by atoms with van der Waals surface area (Å²) >= 11 is 0. The minimum Gasteiger partial charge on any atom is -0.394 e. The summed E-state index contributed by atoms with van der Waals surface area (Å²) in [6.45, 7) is 0.934. The summed E-state index contributed by atoms with van der Waals surface area (Å²) in [7, 11) is 0. The standard InChI is InChI=1S/C30H37N3O8/c34-17-25-27(36)28(37)29(38)30(41-25)40-14-13-33(12-11-20-16-31-23-4-2-1-3-21(20)23)24-9-7-19-15-18(5-8-22(19)24)6-10-26(35)32-39/h1-6,8,10,15-16,24-25,27-31,34,36-39H,7,9,11-14,17H2,(H,32,35)/t24?,25-,27-,28+,29-,30-/m1/s1. The summed E-state index contributed by atoms with van der Waals surface area (Å²) < 4.78 is 11.4. The molecule has 1 amide bonds. The fraction of sp³-hybridized carbons (Fsp3) is 0.433. The number of hydroxylamine groups is 1. The lowest BCUT2D eigenvalue weighted by atomic mass is 9.99. The van der Waals surface area contributed by atoms with E-state index in [1.54, 1.807) is 11.6 Å². The van der Waals surface area contributed by atoms with Crippen LogP contribution in [0.3, 0.4) is 0 Å². The zero-order valence-corrected chi connectivity index (χ0v) is 22.6. The highest BCUT2D eigenvalue weighted by molar-refractivity contribution is 5.90. The fourth-order valence-electron chi connectivity index (χ4n) is 5.82. The first-order valence-electron chi connectivity index (χ1n) is 13.9. The van der Waals surface area contributed by atoms with E-state index in [0.717, 1.165) is 36.9 Å². The van der Waals surface area contributed by atoms with E-state index in [9.17, 15) is 25.2 Å². The molecular formula is C30H37N3O8. The molecule has 11 heteroatoms. The molecule has 1 saturated heterocycles. The van der Waals surface area contributed by atoms with Crippen molar-refractivity contribution in [2.75, 3.05) is 26.3 Å². The van der Waals surface area contributed by atoms with Crippen LogP contribution < -0.4 is 5.48 Å². The molecule has 11 nitrogen and oxygen atoms in total. The van der Waals surface area contributed by atoms with E-state index in [-0.39, 0.29) is 12.6 Å². The summed E-state index contributed by atoms with van der Waals surface area (Å²) in [6.07, 6.45) is 0.960. The third-order valence-electron chi connectivity index (χ3n) is 8.04. The van der Waals surface area contributed by atoms with Crippen LogP contribution in [0.15, 0.2) is 54.7 Å². The maximum atomic E-state index is 11.4. The van der Waals surface area contributed by atoms with Gasteiger partial charge in [0.25, 0.3) is 5.91 Å². The molecule has 5 rings (SSSR count). The Bertz CT molecular complexity index is 1360.